The molecular weight excluding hydrogens is 377 g/mol. The molecule has 2 aromatic heterocycles. The van der Waals surface area contributed by atoms with Gasteiger partial charge in [-0.25, -0.2) is 4.98 Å². The Balaban J connectivity index is 1.40. The summed E-state index contributed by atoms with van der Waals surface area (Å²) in [4.78, 5) is 9.00. The first kappa shape index (κ1) is 18.1. The Kier molecular flexibility index (Phi) is 4.74. The van der Waals surface area contributed by atoms with Gasteiger partial charge >= 0.3 is 6.18 Å². The number of fused-ring (bicyclic) bond motifs is 1. The number of benzene rings is 1. The molecule has 0 amide bonds. The Hall–Kier alpha value is -2.25. The number of imidazole rings is 1. The van der Waals surface area contributed by atoms with E-state index < -0.39 is 11.7 Å². The van der Waals surface area contributed by atoms with Crippen molar-refractivity contribution in [3.63, 3.8) is 0 Å². The summed E-state index contributed by atoms with van der Waals surface area (Å²) in [6.07, 6.45) is -1.59. The third-order valence-electron chi connectivity index (χ3n) is 4.78. The zero-order valence-electron chi connectivity index (χ0n) is 14.5. The van der Waals surface area contributed by atoms with Gasteiger partial charge in [-0.1, -0.05) is 11.6 Å². The smallest absolute Gasteiger partial charge is 0.369 e. The van der Waals surface area contributed by atoms with Gasteiger partial charge in [0, 0.05) is 55.8 Å². The van der Waals surface area contributed by atoms with Crippen molar-refractivity contribution < 1.29 is 13.2 Å². The Labute approximate surface area is 159 Å². The van der Waals surface area contributed by atoms with Gasteiger partial charge in [0.1, 0.15) is 5.65 Å². The average Bonchev–Trinajstić information content (AvgIpc) is 3.04. The van der Waals surface area contributed by atoms with Crippen molar-refractivity contribution in [2.75, 3.05) is 31.1 Å². The number of hydrogen-bond acceptors (Lipinski definition) is 3. The second-order valence-corrected chi connectivity index (χ2v) is 7.09. The van der Waals surface area contributed by atoms with Gasteiger partial charge in [0.25, 0.3) is 0 Å². The lowest BCUT2D eigenvalue weighted by Gasteiger charge is -2.35. The number of halogens is 4. The fourth-order valence-electron chi connectivity index (χ4n) is 3.33. The van der Waals surface area contributed by atoms with Crippen LogP contribution in [0.15, 0.2) is 48.8 Å². The minimum Gasteiger partial charge on any atom is -0.369 e. The SMILES string of the molecule is FC(F)(F)c1ccc2nc(CN3CCN(c4ccc(Cl)cc4)CC3)cn2c1. The van der Waals surface area contributed by atoms with Gasteiger partial charge in [0.2, 0.25) is 0 Å². The molecule has 0 spiro atoms. The topological polar surface area (TPSA) is 23.8 Å². The minimum atomic E-state index is -4.35. The van der Waals surface area contributed by atoms with Crippen molar-refractivity contribution in [1.82, 2.24) is 14.3 Å². The first-order valence-corrected chi connectivity index (χ1v) is 9.04. The molecule has 4 rings (SSSR count). The van der Waals surface area contributed by atoms with Crippen molar-refractivity contribution in [2.45, 2.75) is 12.7 Å². The van der Waals surface area contributed by atoms with Crippen LogP contribution in [-0.4, -0.2) is 40.5 Å². The minimum absolute atomic E-state index is 0.526. The summed E-state index contributed by atoms with van der Waals surface area (Å²) in [5, 5.41) is 0.720. The van der Waals surface area contributed by atoms with Crippen molar-refractivity contribution in [1.29, 1.82) is 0 Å². The summed E-state index contributed by atoms with van der Waals surface area (Å²) in [6.45, 7) is 4.12. The zero-order chi connectivity index (χ0) is 19.0. The summed E-state index contributed by atoms with van der Waals surface area (Å²) in [5.41, 5.74) is 1.77. The van der Waals surface area contributed by atoms with Gasteiger partial charge in [0.15, 0.2) is 0 Å². The molecule has 3 aromatic rings. The van der Waals surface area contributed by atoms with E-state index >= 15 is 0 Å². The molecule has 27 heavy (non-hydrogen) atoms. The Bertz CT molecular complexity index is 928. The van der Waals surface area contributed by atoms with Crippen molar-refractivity contribution in [2.24, 2.45) is 0 Å². The van der Waals surface area contributed by atoms with E-state index in [0.29, 0.717) is 12.2 Å². The van der Waals surface area contributed by atoms with Crippen molar-refractivity contribution in [3.8, 4) is 0 Å². The lowest BCUT2D eigenvalue weighted by atomic mass is 10.2. The molecule has 8 heteroatoms. The van der Waals surface area contributed by atoms with E-state index in [2.05, 4.69) is 14.8 Å². The van der Waals surface area contributed by atoms with Gasteiger partial charge in [-0.3, -0.25) is 4.90 Å². The molecule has 0 aliphatic carbocycles. The standard InChI is InChI=1S/C19H18ClF3N4/c20-15-2-4-17(5-3-15)26-9-7-25(8-10-26)12-16-13-27-11-14(19(21,22)23)1-6-18(27)24-16/h1-6,11,13H,7-10,12H2. The van der Waals surface area contributed by atoms with Crippen LogP contribution in [0.1, 0.15) is 11.3 Å². The van der Waals surface area contributed by atoms with Gasteiger partial charge in [-0.05, 0) is 36.4 Å². The first-order chi connectivity index (χ1) is 12.9. The lowest BCUT2D eigenvalue weighted by Crippen LogP contribution is -2.46. The van der Waals surface area contributed by atoms with E-state index in [0.717, 1.165) is 54.8 Å². The largest absolute Gasteiger partial charge is 0.417 e. The van der Waals surface area contributed by atoms with Crippen LogP contribution in [0.5, 0.6) is 0 Å². The van der Waals surface area contributed by atoms with E-state index in [1.54, 1.807) is 6.20 Å². The van der Waals surface area contributed by atoms with Crippen molar-refractivity contribution in [3.05, 3.63) is 65.1 Å². The molecule has 3 heterocycles. The molecular formula is C19H18ClF3N4. The Morgan fingerprint density at radius 2 is 1.63 bits per heavy atom. The predicted octanol–water partition coefficient (Wildman–Crippen LogP) is 4.33. The number of hydrogen-bond donors (Lipinski definition) is 0. The molecule has 0 unspecified atom stereocenters. The Morgan fingerprint density at radius 3 is 2.30 bits per heavy atom. The fourth-order valence-corrected chi connectivity index (χ4v) is 3.46. The van der Waals surface area contributed by atoms with E-state index in [9.17, 15) is 13.2 Å². The molecule has 142 valence electrons. The van der Waals surface area contributed by atoms with Gasteiger partial charge < -0.3 is 9.30 Å². The highest BCUT2D eigenvalue weighted by Gasteiger charge is 2.31. The number of nitrogens with zero attached hydrogens (tertiary/aromatic N) is 4. The second kappa shape index (κ2) is 7.05. The maximum Gasteiger partial charge on any atom is 0.417 e. The van der Waals surface area contributed by atoms with Crippen LogP contribution in [0, 0.1) is 0 Å². The maximum atomic E-state index is 12.8. The predicted molar refractivity (Wildman–Crippen MR) is 99.1 cm³/mol. The second-order valence-electron chi connectivity index (χ2n) is 6.65. The molecule has 0 N–H and O–H groups in total. The van der Waals surface area contributed by atoms with Crippen molar-refractivity contribution >= 4 is 22.9 Å². The van der Waals surface area contributed by atoms with E-state index in [-0.39, 0.29) is 0 Å². The summed E-state index contributed by atoms with van der Waals surface area (Å²) < 4.78 is 40.0. The summed E-state index contributed by atoms with van der Waals surface area (Å²) >= 11 is 5.93. The van der Waals surface area contributed by atoms with Crippen LogP contribution in [0.2, 0.25) is 5.02 Å². The molecule has 1 aliphatic heterocycles. The van der Waals surface area contributed by atoms with Gasteiger partial charge in [-0.15, -0.1) is 0 Å². The molecule has 0 bridgehead atoms. The third-order valence-corrected chi connectivity index (χ3v) is 5.03. The van der Waals surface area contributed by atoms with E-state index in [4.69, 9.17) is 11.6 Å². The molecule has 1 saturated heterocycles. The quantitative estimate of drug-likeness (QED) is 0.660. The summed E-state index contributed by atoms with van der Waals surface area (Å²) in [7, 11) is 0. The molecule has 0 atom stereocenters. The number of anilines is 1. The monoisotopic (exact) mass is 394 g/mol. The third kappa shape index (κ3) is 4.04. The molecule has 0 radical (unpaired) electrons. The molecule has 1 aliphatic rings. The molecule has 4 nitrogen and oxygen atoms in total. The number of pyridine rings is 1. The van der Waals surface area contributed by atoms with Gasteiger partial charge in [-0.2, -0.15) is 13.2 Å². The number of rotatable bonds is 3. The van der Waals surface area contributed by atoms with Crippen LogP contribution < -0.4 is 4.90 Å². The average molecular weight is 395 g/mol. The van der Waals surface area contributed by atoms with Crippen LogP contribution >= 0.6 is 11.6 Å². The highest BCUT2D eigenvalue weighted by Crippen LogP contribution is 2.29. The van der Waals surface area contributed by atoms with Crippen LogP contribution in [0.3, 0.4) is 0 Å². The molecule has 1 fully saturated rings. The number of piperazine rings is 1. The van der Waals surface area contributed by atoms with Gasteiger partial charge in [0.05, 0.1) is 11.3 Å². The van der Waals surface area contributed by atoms with Crippen LogP contribution in [0.4, 0.5) is 18.9 Å². The molecule has 0 saturated carbocycles. The highest BCUT2D eigenvalue weighted by atomic mass is 35.5. The summed E-state index contributed by atoms with van der Waals surface area (Å²) in [5.74, 6) is 0. The lowest BCUT2D eigenvalue weighted by molar-refractivity contribution is -0.137. The van der Waals surface area contributed by atoms with E-state index in [1.807, 2.05) is 24.3 Å². The first-order valence-electron chi connectivity index (χ1n) is 8.66. The normalized spacial score (nSPS) is 16.2. The maximum absolute atomic E-state index is 12.8. The summed E-state index contributed by atoms with van der Waals surface area (Å²) in [6, 6.07) is 10.3. The molecule has 1 aromatic carbocycles. The van der Waals surface area contributed by atoms with Crippen LogP contribution in [0.25, 0.3) is 5.65 Å². The zero-order valence-corrected chi connectivity index (χ0v) is 15.2. The Morgan fingerprint density at radius 1 is 0.926 bits per heavy atom. The van der Waals surface area contributed by atoms with Crippen LogP contribution in [-0.2, 0) is 12.7 Å². The highest BCUT2D eigenvalue weighted by molar-refractivity contribution is 6.30. The van der Waals surface area contributed by atoms with E-state index in [1.165, 1.54) is 10.5 Å². The number of alkyl halides is 3. The fraction of sp³-hybridized carbons (Fsp3) is 0.316. The number of aromatic nitrogens is 2.